The van der Waals surface area contributed by atoms with Gasteiger partial charge in [0.25, 0.3) is 0 Å². The van der Waals surface area contributed by atoms with Crippen molar-refractivity contribution >= 4 is 0 Å². The summed E-state index contributed by atoms with van der Waals surface area (Å²) in [5, 5.41) is 10.3. The van der Waals surface area contributed by atoms with Gasteiger partial charge in [0, 0.05) is 0 Å². The van der Waals surface area contributed by atoms with Crippen molar-refractivity contribution in [3.63, 3.8) is 0 Å². The van der Waals surface area contributed by atoms with Crippen LogP contribution in [0.15, 0.2) is 57.7 Å². The number of aliphatic hydroxyl groups is 1. The fourth-order valence-corrected chi connectivity index (χ4v) is 2.92. The van der Waals surface area contributed by atoms with Crippen molar-refractivity contribution in [2.24, 2.45) is 5.92 Å². The molecule has 0 aromatic carbocycles. The molecule has 3 nitrogen and oxygen atoms in total. The lowest BCUT2D eigenvalue weighted by Crippen LogP contribution is -2.17. The van der Waals surface area contributed by atoms with E-state index in [9.17, 15) is 5.11 Å². The maximum atomic E-state index is 10.3. The van der Waals surface area contributed by atoms with Crippen molar-refractivity contribution in [1.82, 2.24) is 0 Å². The first-order valence-corrected chi connectivity index (χ1v) is 9.01. The van der Waals surface area contributed by atoms with Gasteiger partial charge in [0.1, 0.15) is 0 Å². The lowest BCUT2D eigenvalue weighted by Gasteiger charge is -2.17. The lowest BCUT2D eigenvalue weighted by molar-refractivity contribution is 0.113. The molecular formula is C21H30O3. The predicted molar refractivity (Wildman–Crippen MR) is 96.8 cm³/mol. The van der Waals surface area contributed by atoms with Crippen LogP contribution < -0.4 is 0 Å². The van der Waals surface area contributed by atoms with E-state index in [1.807, 2.05) is 18.4 Å². The Morgan fingerprint density at radius 1 is 1.08 bits per heavy atom. The fourth-order valence-electron chi connectivity index (χ4n) is 2.92. The molecule has 0 aliphatic rings. The zero-order valence-corrected chi connectivity index (χ0v) is 14.9. The van der Waals surface area contributed by atoms with Crippen LogP contribution in [0.2, 0.25) is 0 Å². The zero-order valence-electron chi connectivity index (χ0n) is 14.9. The number of hydrogen-bond donors (Lipinski definition) is 1. The second kappa shape index (κ2) is 10.2. The number of aliphatic hydroxyl groups excluding tert-OH is 1. The van der Waals surface area contributed by atoms with Gasteiger partial charge >= 0.3 is 0 Å². The molecule has 0 aliphatic heterocycles. The Morgan fingerprint density at radius 3 is 2.29 bits per heavy atom. The number of furan rings is 2. The smallest absolute Gasteiger partial charge is 0.0934 e. The summed E-state index contributed by atoms with van der Waals surface area (Å²) in [6.07, 6.45) is 16.2. The Hall–Kier alpha value is -1.74. The van der Waals surface area contributed by atoms with E-state index in [0.717, 1.165) is 44.9 Å². The van der Waals surface area contributed by atoms with E-state index in [2.05, 4.69) is 19.9 Å². The molecule has 3 heteroatoms. The normalized spacial score (nSPS) is 14.7. The summed E-state index contributed by atoms with van der Waals surface area (Å²) >= 11 is 0. The van der Waals surface area contributed by atoms with Crippen molar-refractivity contribution < 1.29 is 13.9 Å². The summed E-state index contributed by atoms with van der Waals surface area (Å²) in [7, 11) is 0. The van der Waals surface area contributed by atoms with Gasteiger partial charge in [-0.1, -0.05) is 18.6 Å². The standard InChI is InChI=1S/C21H30O3/c1-17(5-3-7-19-11-13-23-15-19)9-10-21(22)18(2)6-4-8-20-12-14-24-16-20/h9,11-16,18,21-22H,3-8,10H2,1-2H3. The van der Waals surface area contributed by atoms with Crippen LogP contribution >= 0.6 is 0 Å². The molecule has 0 saturated heterocycles. The van der Waals surface area contributed by atoms with E-state index in [1.165, 1.54) is 16.7 Å². The van der Waals surface area contributed by atoms with Crippen LogP contribution in [0.4, 0.5) is 0 Å². The average Bonchev–Trinajstić information content (AvgIpc) is 3.26. The topological polar surface area (TPSA) is 46.5 Å². The number of aryl methyl sites for hydroxylation is 2. The molecule has 0 radical (unpaired) electrons. The van der Waals surface area contributed by atoms with E-state index in [-0.39, 0.29) is 6.10 Å². The van der Waals surface area contributed by atoms with Crippen LogP contribution in [-0.2, 0) is 12.8 Å². The highest BCUT2D eigenvalue weighted by Crippen LogP contribution is 2.18. The van der Waals surface area contributed by atoms with Crippen LogP contribution in [0.25, 0.3) is 0 Å². The highest BCUT2D eigenvalue weighted by atomic mass is 16.3. The second-order valence-electron chi connectivity index (χ2n) is 6.84. The molecule has 0 amide bonds. The van der Waals surface area contributed by atoms with Crippen LogP contribution in [0.1, 0.15) is 57.1 Å². The summed E-state index contributed by atoms with van der Waals surface area (Å²) in [5.41, 5.74) is 3.86. The van der Waals surface area contributed by atoms with E-state index in [4.69, 9.17) is 8.83 Å². The van der Waals surface area contributed by atoms with Crippen molar-refractivity contribution in [2.45, 2.75) is 64.9 Å². The first-order valence-electron chi connectivity index (χ1n) is 9.01. The third kappa shape index (κ3) is 6.79. The molecule has 0 aliphatic carbocycles. The molecule has 0 saturated carbocycles. The average molecular weight is 330 g/mol. The van der Waals surface area contributed by atoms with E-state index < -0.39 is 0 Å². The van der Waals surface area contributed by atoms with E-state index in [1.54, 1.807) is 18.8 Å². The molecule has 2 atom stereocenters. The summed E-state index contributed by atoms with van der Waals surface area (Å²) in [6.45, 7) is 4.30. The van der Waals surface area contributed by atoms with Crippen molar-refractivity contribution in [3.8, 4) is 0 Å². The first kappa shape index (κ1) is 18.6. The fraction of sp³-hybridized carbons (Fsp3) is 0.524. The Labute approximate surface area is 145 Å². The van der Waals surface area contributed by atoms with Gasteiger partial charge < -0.3 is 13.9 Å². The zero-order chi connectivity index (χ0) is 17.2. The maximum Gasteiger partial charge on any atom is 0.0934 e. The van der Waals surface area contributed by atoms with Gasteiger partial charge in [0.05, 0.1) is 31.2 Å². The number of hydrogen-bond acceptors (Lipinski definition) is 3. The molecular weight excluding hydrogens is 300 g/mol. The van der Waals surface area contributed by atoms with E-state index in [0.29, 0.717) is 5.92 Å². The predicted octanol–water partition coefficient (Wildman–Crippen LogP) is 5.55. The van der Waals surface area contributed by atoms with Crippen LogP contribution in [0.5, 0.6) is 0 Å². The molecule has 2 rings (SSSR count). The highest BCUT2D eigenvalue weighted by molar-refractivity contribution is 5.07. The molecule has 132 valence electrons. The summed E-state index contributed by atoms with van der Waals surface area (Å²) < 4.78 is 10.2. The maximum absolute atomic E-state index is 10.3. The van der Waals surface area contributed by atoms with Gasteiger partial charge in [-0.15, -0.1) is 0 Å². The minimum absolute atomic E-state index is 0.252. The van der Waals surface area contributed by atoms with Gasteiger partial charge in [-0.2, -0.15) is 0 Å². The lowest BCUT2D eigenvalue weighted by atomic mass is 9.94. The molecule has 2 aromatic heterocycles. The first-order chi connectivity index (χ1) is 11.6. The molecule has 2 aromatic rings. The summed E-state index contributed by atoms with van der Waals surface area (Å²) in [4.78, 5) is 0. The third-order valence-electron chi connectivity index (χ3n) is 4.69. The minimum Gasteiger partial charge on any atom is -0.472 e. The monoisotopic (exact) mass is 330 g/mol. The molecule has 24 heavy (non-hydrogen) atoms. The number of allylic oxidation sites excluding steroid dienone is 1. The van der Waals surface area contributed by atoms with Gasteiger partial charge in [-0.25, -0.2) is 0 Å². The third-order valence-corrected chi connectivity index (χ3v) is 4.69. The van der Waals surface area contributed by atoms with Gasteiger partial charge in [0.15, 0.2) is 0 Å². The van der Waals surface area contributed by atoms with Crippen LogP contribution in [0.3, 0.4) is 0 Å². The molecule has 2 unspecified atom stereocenters. The summed E-state index contributed by atoms with van der Waals surface area (Å²) in [5.74, 6) is 0.326. The summed E-state index contributed by atoms with van der Waals surface area (Å²) in [6, 6.07) is 4.03. The molecule has 2 heterocycles. The largest absolute Gasteiger partial charge is 0.472 e. The molecule has 0 fully saturated rings. The number of rotatable bonds is 11. The van der Waals surface area contributed by atoms with Crippen molar-refractivity contribution in [1.29, 1.82) is 0 Å². The molecule has 0 bridgehead atoms. The molecule has 0 spiro atoms. The quantitative estimate of drug-likeness (QED) is 0.549. The Kier molecular flexibility index (Phi) is 7.90. The Balaban J connectivity index is 1.59. The second-order valence-corrected chi connectivity index (χ2v) is 6.84. The SMILES string of the molecule is CC(=CCC(O)C(C)CCCc1ccoc1)CCCc1ccoc1. The van der Waals surface area contributed by atoms with Crippen molar-refractivity contribution in [3.05, 3.63) is 60.0 Å². The molecule has 1 N–H and O–H groups in total. The Morgan fingerprint density at radius 2 is 1.71 bits per heavy atom. The van der Waals surface area contributed by atoms with Gasteiger partial charge in [-0.05, 0) is 81.0 Å². The van der Waals surface area contributed by atoms with Gasteiger partial charge in [-0.3, -0.25) is 0 Å². The van der Waals surface area contributed by atoms with Crippen LogP contribution in [0, 0.1) is 5.92 Å². The minimum atomic E-state index is -0.252. The van der Waals surface area contributed by atoms with Crippen molar-refractivity contribution in [2.75, 3.05) is 0 Å². The van der Waals surface area contributed by atoms with Gasteiger partial charge in [0.2, 0.25) is 0 Å². The highest BCUT2D eigenvalue weighted by Gasteiger charge is 2.13. The van der Waals surface area contributed by atoms with E-state index >= 15 is 0 Å². The Bertz CT molecular complexity index is 566. The van der Waals surface area contributed by atoms with Crippen LogP contribution in [-0.4, -0.2) is 11.2 Å².